The first kappa shape index (κ1) is 19.9. The maximum absolute atomic E-state index is 14.1. The number of nitro groups is 1. The van der Waals surface area contributed by atoms with E-state index in [2.05, 4.69) is 10.3 Å². The number of rotatable bonds is 5. The molecule has 1 amide bonds. The molecule has 148 valence electrons. The molecule has 0 saturated carbocycles. The average molecular weight is 399 g/mol. The van der Waals surface area contributed by atoms with Crippen LogP contribution in [0.1, 0.15) is 21.5 Å². The van der Waals surface area contributed by atoms with E-state index in [1.807, 2.05) is 19.9 Å². The standard InChI is InChI=1S/C20H15F2N3O4/c1-11-5-3-7-18(12(11)2)29-20-16(6-4-8-23-20)24-19(26)13-9-15(22)17(25(27)28)10-14(13)21/h3-10H,1-2H3,(H,24,26). The van der Waals surface area contributed by atoms with Gasteiger partial charge in [0.25, 0.3) is 5.91 Å². The lowest BCUT2D eigenvalue weighted by molar-refractivity contribution is -0.387. The summed E-state index contributed by atoms with van der Waals surface area (Å²) in [6.45, 7) is 3.77. The van der Waals surface area contributed by atoms with Crippen molar-refractivity contribution in [2.24, 2.45) is 0 Å². The van der Waals surface area contributed by atoms with Crippen LogP contribution in [0.5, 0.6) is 11.6 Å². The predicted molar refractivity (Wildman–Crippen MR) is 101 cm³/mol. The summed E-state index contributed by atoms with van der Waals surface area (Å²) in [5, 5.41) is 13.1. The molecule has 1 N–H and O–H groups in total. The van der Waals surface area contributed by atoms with Gasteiger partial charge in [0, 0.05) is 6.20 Å². The maximum Gasteiger partial charge on any atom is 0.307 e. The van der Waals surface area contributed by atoms with Crippen LogP contribution in [0.2, 0.25) is 0 Å². The molecule has 1 aromatic heterocycles. The van der Waals surface area contributed by atoms with Crippen LogP contribution in [0.15, 0.2) is 48.7 Å². The number of nitrogens with zero attached hydrogens (tertiary/aromatic N) is 2. The second-order valence-electron chi connectivity index (χ2n) is 6.15. The van der Waals surface area contributed by atoms with E-state index < -0.39 is 33.7 Å². The van der Waals surface area contributed by atoms with Crippen LogP contribution in [0, 0.1) is 35.6 Å². The van der Waals surface area contributed by atoms with Crippen molar-refractivity contribution < 1.29 is 23.2 Å². The van der Waals surface area contributed by atoms with E-state index in [-0.39, 0.29) is 11.6 Å². The topological polar surface area (TPSA) is 94.4 Å². The van der Waals surface area contributed by atoms with E-state index in [1.165, 1.54) is 18.3 Å². The van der Waals surface area contributed by atoms with E-state index in [9.17, 15) is 23.7 Å². The van der Waals surface area contributed by atoms with Crippen LogP contribution in [0.3, 0.4) is 0 Å². The Balaban J connectivity index is 1.90. The zero-order chi connectivity index (χ0) is 21.1. The lowest BCUT2D eigenvalue weighted by atomic mass is 10.1. The third-order valence-corrected chi connectivity index (χ3v) is 4.26. The number of anilines is 1. The molecule has 0 spiro atoms. The lowest BCUT2D eigenvalue weighted by Gasteiger charge is -2.13. The highest BCUT2D eigenvalue weighted by molar-refractivity contribution is 6.05. The van der Waals surface area contributed by atoms with Crippen LogP contribution in [-0.4, -0.2) is 15.8 Å². The zero-order valence-corrected chi connectivity index (χ0v) is 15.4. The molecule has 29 heavy (non-hydrogen) atoms. The smallest absolute Gasteiger partial charge is 0.307 e. The number of hydrogen-bond acceptors (Lipinski definition) is 5. The van der Waals surface area contributed by atoms with Gasteiger partial charge in [0.15, 0.2) is 0 Å². The van der Waals surface area contributed by atoms with Crippen molar-refractivity contribution in [2.45, 2.75) is 13.8 Å². The molecule has 0 aliphatic heterocycles. The number of hydrogen-bond donors (Lipinski definition) is 1. The molecule has 7 nitrogen and oxygen atoms in total. The van der Waals surface area contributed by atoms with E-state index in [1.54, 1.807) is 12.1 Å². The molecule has 9 heteroatoms. The molecule has 0 unspecified atom stereocenters. The van der Waals surface area contributed by atoms with Crippen molar-refractivity contribution in [3.05, 3.63) is 87.1 Å². The van der Waals surface area contributed by atoms with E-state index >= 15 is 0 Å². The highest BCUT2D eigenvalue weighted by Crippen LogP contribution is 2.31. The van der Waals surface area contributed by atoms with Gasteiger partial charge in [-0.1, -0.05) is 12.1 Å². The van der Waals surface area contributed by atoms with Crippen molar-refractivity contribution in [1.82, 2.24) is 4.98 Å². The number of pyridine rings is 1. The number of aryl methyl sites for hydroxylation is 1. The summed E-state index contributed by atoms with van der Waals surface area (Å²) in [6, 6.07) is 9.28. The molecule has 0 radical (unpaired) electrons. The molecule has 0 fully saturated rings. The van der Waals surface area contributed by atoms with Gasteiger partial charge in [0.05, 0.1) is 16.6 Å². The fourth-order valence-electron chi connectivity index (χ4n) is 2.55. The maximum atomic E-state index is 14.1. The van der Waals surface area contributed by atoms with E-state index in [0.29, 0.717) is 17.9 Å². The number of amides is 1. The largest absolute Gasteiger partial charge is 0.437 e. The Bertz CT molecular complexity index is 1120. The summed E-state index contributed by atoms with van der Waals surface area (Å²) in [4.78, 5) is 26.1. The number of benzene rings is 2. The third kappa shape index (κ3) is 4.18. The van der Waals surface area contributed by atoms with E-state index in [0.717, 1.165) is 11.1 Å². The van der Waals surface area contributed by atoms with Gasteiger partial charge in [-0.3, -0.25) is 14.9 Å². The molecular formula is C20H15F2N3O4. The van der Waals surface area contributed by atoms with Gasteiger partial charge >= 0.3 is 5.69 Å². The normalized spacial score (nSPS) is 10.5. The van der Waals surface area contributed by atoms with Crippen molar-refractivity contribution >= 4 is 17.3 Å². The molecule has 0 saturated heterocycles. The molecule has 1 heterocycles. The molecule has 3 rings (SSSR count). The fraction of sp³-hybridized carbons (Fsp3) is 0.100. The van der Waals surface area contributed by atoms with Crippen LogP contribution < -0.4 is 10.1 Å². The summed E-state index contributed by atoms with van der Waals surface area (Å²) in [6.07, 6.45) is 1.45. The molecule has 3 aromatic rings. The summed E-state index contributed by atoms with van der Waals surface area (Å²) in [5.41, 5.74) is 0.247. The van der Waals surface area contributed by atoms with Gasteiger partial charge in [-0.25, -0.2) is 9.37 Å². The Morgan fingerprint density at radius 1 is 1.14 bits per heavy atom. The minimum atomic E-state index is -1.32. The number of carbonyl (C=O) groups excluding carboxylic acids is 1. The number of carbonyl (C=O) groups is 1. The summed E-state index contributed by atoms with van der Waals surface area (Å²) in [5.74, 6) is -2.98. The zero-order valence-electron chi connectivity index (χ0n) is 15.4. The van der Waals surface area contributed by atoms with Gasteiger partial charge in [-0.2, -0.15) is 4.39 Å². The van der Waals surface area contributed by atoms with Crippen molar-refractivity contribution in [1.29, 1.82) is 0 Å². The van der Waals surface area contributed by atoms with Gasteiger partial charge in [0.1, 0.15) is 17.3 Å². The van der Waals surface area contributed by atoms with Crippen LogP contribution in [0.4, 0.5) is 20.2 Å². The highest BCUT2D eigenvalue weighted by atomic mass is 19.1. The number of ether oxygens (including phenoxy) is 1. The van der Waals surface area contributed by atoms with Gasteiger partial charge in [0.2, 0.25) is 11.7 Å². The number of nitrogens with one attached hydrogen (secondary N) is 1. The summed E-state index contributed by atoms with van der Waals surface area (Å²) >= 11 is 0. The number of aromatic nitrogens is 1. The third-order valence-electron chi connectivity index (χ3n) is 4.26. The van der Waals surface area contributed by atoms with E-state index in [4.69, 9.17) is 4.74 Å². The van der Waals surface area contributed by atoms with Gasteiger partial charge in [-0.05, 0) is 49.2 Å². The first-order valence-corrected chi connectivity index (χ1v) is 8.41. The molecular weight excluding hydrogens is 384 g/mol. The first-order chi connectivity index (χ1) is 13.8. The number of nitro benzene ring substituents is 1. The minimum Gasteiger partial charge on any atom is -0.437 e. The quantitative estimate of drug-likeness (QED) is 0.485. The van der Waals surface area contributed by atoms with Crippen LogP contribution in [-0.2, 0) is 0 Å². The molecule has 2 aromatic carbocycles. The Labute approximate surface area is 164 Å². The molecule has 0 bridgehead atoms. The molecule has 0 atom stereocenters. The molecule has 0 aliphatic carbocycles. The van der Waals surface area contributed by atoms with Crippen LogP contribution in [0.25, 0.3) is 0 Å². The van der Waals surface area contributed by atoms with Gasteiger partial charge < -0.3 is 10.1 Å². The lowest BCUT2D eigenvalue weighted by Crippen LogP contribution is -2.15. The Hall–Kier alpha value is -3.88. The van der Waals surface area contributed by atoms with Gasteiger partial charge in [-0.15, -0.1) is 0 Å². The Morgan fingerprint density at radius 2 is 1.90 bits per heavy atom. The predicted octanol–water partition coefficient (Wildman–Crippen LogP) is 4.93. The SMILES string of the molecule is Cc1cccc(Oc2ncccc2NC(=O)c2cc(F)c([N+](=O)[O-])cc2F)c1C. The second kappa shape index (κ2) is 8.01. The Kier molecular flexibility index (Phi) is 5.49. The fourth-order valence-corrected chi connectivity index (χ4v) is 2.55. The first-order valence-electron chi connectivity index (χ1n) is 8.41. The summed E-state index contributed by atoms with van der Waals surface area (Å²) in [7, 11) is 0. The molecule has 0 aliphatic rings. The Morgan fingerprint density at radius 3 is 2.62 bits per heavy atom. The summed E-state index contributed by atoms with van der Waals surface area (Å²) < 4.78 is 33.7. The minimum absolute atomic E-state index is 0.0531. The average Bonchev–Trinajstić information content (AvgIpc) is 2.68. The van der Waals surface area contributed by atoms with Crippen molar-refractivity contribution in [3.8, 4) is 11.6 Å². The van der Waals surface area contributed by atoms with Crippen LogP contribution >= 0.6 is 0 Å². The number of halogens is 2. The second-order valence-corrected chi connectivity index (χ2v) is 6.15. The highest BCUT2D eigenvalue weighted by Gasteiger charge is 2.23. The monoisotopic (exact) mass is 399 g/mol. The van der Waals surface area contributed by atoms with Crippen molar-refractivity contribution in [2.75, 3.05) is 5.32 Å². The van der Waals surface area contributed by atoms with Crippen molar-refractivity contribution in [3.63, 3.8) is 0 Å².